The number of alkyl halides is 3. The second-order valence-corrected chi connectivity index (χ2v) is 10.1. The zero-order valence-electron chi connectivity index (χ0n) is 19.1. The van der Waals surface area contributed by atoms with Crippen LogP contribution >= 0.6 is 0 Å². The van der Waals surface area contributed by atoms with Crippen molar-refractivity contribution in [2.45, 2.75) is 83.2 Å². The molecule has 2 saturated carbocycles. The van der Waals surface area contributed by atoms with Crippen LogP contribution in [0.25, 0.3) is 0 Å². The van der Waals surface area contributed by atoms with Gasteiger partial charge in [0.15, 0.2) is 0 Å². The van der Waals surface area contributed by atoms with Crippen molar-refractivity contribution in [1.29, 1.82) is 0 Å². The van der Waals surface area contributed by atoms with Crippen LogP contribution in [0.5, 0.6) is 0 Å². The van der Waals surface area contributed by atoms with E-state index in [1.54, 1.807) is 20.8 Å². The van der Waals surface area contributed by atoms with E-state index in [1.807, 2.05) is 6.92 Å². The van der Waals surface area contributed by atoms with Gasteiger partial charge in [0.25, 0.3) is 0 Å². The van der Waals surface area contributed by atoms with Crippen LogP contribution in [0.15, 0.2) is 18.2 Å². The molecule has 1 aromatic rings. The molecule has 6 nitrogen and oxygen atoms in total. The van der Waals surface area contributed by atoms with Crippen LogP contribution in [0.2, 0.25) is 0 Å². The van der Waals surface area contributed by atoms with E-state index >= 15 is 0 Å². The molecule has 3 rings (SSSR count). The summed E-state index contributed by atoms with van der Waals surface area (Å²) in [7, 11) is 1.18. The smallest absolute Gasteiger partial charge is 0.418 e. The highest BCUT2D eigenvalue weighted by Crippen LogP contribution is 2.58. The summed E-state index contributed by atoms with van der Waals surface area (Å²) >= 11 is 0. The van der Waals surface area contributed by atoms with Crippen LogP contribution in [0.3, 0.4) is 0 Å². The zero-order chi connectivity index (χ0) is 23.9. The molecule has 0 heterocycles. The normalized spacial score (nSPS) is 25.9. The van der Waals surface area contributed by atoms with E-state index in [9.17, 15) is 22.8 Å². The molecule has 1 unspecified atom stereocenters. The molecule has 2 N–H and O–H groups in total. The Balaban J connectivity index is 1.79. The van der Waals surface area contributed by atoms with Crippen molar-refractivity contribution in [3.63, 3.8) is 0 Å². The van der Waals surface area contributed by atoms with Gasteiger partial charge in [0.2, 0.25) is 0 Å². The minimum absolute atomic E-state index is 0.0477. The van der Waals surface area contributed by atoms with Gasteiger partial charge in [-0.05, 0) is 83.4 Å². The SMILES string of the molecule is COC(=O)c1ccc(C(F)(F)F)c(NC(C)C23CCC(NC(=O)OC(C)(C)C)(CC2)C3)c1. The summed E-state index contributed by atoms with van der Waals surface area (Å²) in [5, 5.41) is 6.05. The Labute approximate surface area is 186 Å². The fourth-order valence-corrected chi connectivity index (χ4v) is 5.07. The summed E-state index contributed by atoms with van der Waals surface area (Å²) in [5.41, 5.74) is -2.21. The van der Waals surface area contributed by atoms with Gasteiger partial charge in [-0.15, -0.1) is 0 Å². The highest BCUT2D eigenvalue weighted by atomic mass is 19.4. The predicted molar refractivity (Wildman–Crippen MR) is 113 cm³/mol. The van der Waals surface area contributed by atoms with Gasteiger partial charge in [-0.3, -0.25) is 0 Å². The number of benzene rings is 1. The van der Waals surface area contributed by atoms with Crippen LogP contribution in [-0.2, 0) is 15.7 Å². The fraction of sp³-hybridized carbons (Fsp3) is 0.652. The average molecular weight is 457 g/mol. The van der Waals surface area contributed by atoms with Crippen molar-refractivity contribution in [2.75, 3.05) is 12.4 Å². The summed E-state index contributed by atoms with van der Waals surface area (Å²) in [6.45, 7) is 7.25. The van der Waals surface area contributed by atoms with E-state index in [2.05, 4.69) is 15.4 Å². The van der Waals surface area contributed by atoms with E-state index in [4.69, 9.17) is 4.74 Å². The molecule has 1 aromatic carbocycles. The number of alkyl carbamates (subject to hydrolysis) is 1. The number of fused-ring (bicyclic) bond motifs is 2. The van der Waals surface area contributed by atoms with E-state index in [0.29, 0.717) is 6.42 Å². The first kappa shape index (κ1) is 24.2. The number of carbonyl (C=O) groups excluding carboxylic acids is 2. The third kappa shape index (κ3) is 4.96. The first-order valence-electron chi connectivity index (χ1n) is 10.8. The number of nitrogens with one attached hydrogen (secondary N) is 2. The Morgan fingerprint density at radius 1 is 1.09 bits per heavy atom. The molecule has 0 spiro atoms. The highest BCUT2D eigenvalue weighted by Gasteiger charge is 2.57. The number of hydrogen-bond donors (Lipinski definition) is 2. The Bertz CT molecular complexity index is 884. The first-order chi connectivity index (χ1) is 14.7. The van der Waals surface area contributed by atoms with Crippen molar-refractivity contribution in [3.8, 4) is 0 Å². The third-order valence-electron chi connectivity index (χ3n) is 6.70. The monoisotopic (exact) mass is 456 g/mol. The summed E-state index contributed by atoms with van der Waals surface area (Å²) in [6, 6.07) is 2.90. The molecule has 0 aromatic heterocycles. The number of methoxy groups -OCH3 is 1. The number of ether oxygens (including phenoxy) is 2. The second kappa shape index (κ2) is 8.15. The molecule has 178 valence electrons. The maximum Gasteiger partial charge on any atom is 0.418 e. The van der Waals surface area contributed by atoms with Crippen LogP contribution in [0.4, 0.5) is 23.7 Å². The number of carbonyl (C=O) groups is 2. The lowest BCUT2D eigenvalue weighted by atomic mass is 9.78. The van der Waals surface area contributed by atoms with Gasteiger partial charge in [0, 0.05) is 17.3 Å². The maximum atomic E-state index is 13.6. The summed E-state index contributed by atoms with van der Waals surface area (Å²) < 4.78 is 50.8. The van der Waals surface area contributed by atoms with Crippen molar-refractivity contribution >= 4 is 17.7 Å². The molecule has 2 aliphatic rings. The number of rotatable bonds is 5. The number of amides is 1. The molecule has 1 amide bonds. The lowest BCUT2D eigenvalue weighted by Gasteiger charge is -2.35. The third-order valence-corrected chi connectivity index (χ3v) is 6.70. The molecule has 9 heteroatoms. The van der Waals surface area contributed by atoms with Gasteiger partial charge < -0.3 is 20.1 Å². The zero-order valence-corrected chi connectivity index (χ0v) is 19.1. The minimum Gasteiger partial charge on any atom is -0.465 e. The van der Waals surface area contributed by atoms with Crippen LogP contribution in [-0.4, -0.2) is 36.4 Å². The lowest BCUT2D eigenvalue weighted by Crippen LogP contribution is -2.47. The standard InChI is InChI=1S/C23H31F3N2O4/c1-14(27-17-12-15(18(29)31-5)6-7-16(17)23(24,25)26)21-8-10-22(13-21,11-9-21)28-19(30)32-20(2,3)4/h6-7,12,14,27H,8-11,13H2,1-5H3,(H,28,30). The Kier molecular flexibility index (Phi) is 6.17. The van der Waals surface area contributed by atoms with Crippen LogP contribution in [0, 0.1) is 5.41 Å². The molecule has 0 aliphatic heterocycles. The quantitative estimate of drug-likeness (QED) is 0.571. The summed E-state index contributed by atoms with van der Waals surface area (Å²) in [4.78, 5) is 24.2. The number of hydrogen-bond acceptors (Lipinski definition) is 5. The molecular weight excluding hydrogens is 425 g/mol. The molecule has 2 fully saturated rings. The second-order valence-electron chi connectivity index (χ2n) is 10.1. The average Bonchev–Trinajstić information content (AvgIpc) is 3.21. The van der Waals surface area contributed by atoms with Crippen molar-refractivity contribution in [1.82, 2.24) is 5.32 Å². The topological polar surface area (TPSA) is 76.7 Å². The summed E-state index contributed by atoms with van der Waals surface area (Å²) in [5.74, 6) is -0.699. The Morgan fingerprint density at radius 2 is 1.72 bits per heavy atom. The number of anilines is 1. The maximum absolute atomic E-state index is 13.6. The predicted octanol–water partition coefficient (Wildman–Crippen LogP) is 5.52. The highest BCUT2D eigenvalue weighted by molar-refractivity contribution is 5.90. The van der Waals surface area contributed by atoms with Gasteiger partial charge in [0.05, 0.1) is 18.2 Å². The molecule has 32 heavy (non-hydrogen) atoms. The molecule has 0 radical (unpaired) electrons. The van der Waals surface area contributed by atoms with Gasteiger partial charge in [-0.2, -0.15) is 13.2 Å². The fourth-order valence-electron chi connectivity index (χ4n) is 5.07. The van der Waals surface area contributed by atoms with E-state index in [0.717, 1.165) is 37.8 Å². The van der Waals surface area contributed by atoms with Crippen LogP contribution < -0.4 is 10.6 Å². The van der Waals surface area contributed by atoms with Gasteiger partial charge in [-0.1, -0.05) is 0 Å². The number of halogens is 3. The molecular formula is C23H31F3N2O4. The van der Waals surface area contributed by atoms with Gasteiger partial charge >= 0.3 is 18.2 Å². The van der Waals surface area contributed by atoms with E-state index in [-0.39, 0.29) is 22.7 Å². The largest absolute Gasteiger partial charge is 0.465 e. The lowest BCUT2D eigenvalue weighted by molar-refractivity contribution is -0.137. The number of esters is 1. The molecule has 0 saturated heterocycles. The van der Waals surface area contributed by atoms with Crippen LogP contribution in [0.1, 0.15) is 75.7 Å². The summed E-state index contributed by atoms with van der Waals surface area (Å²) in [6.07, 6.45) is -1.35. The van der Waals surface area contributed by atoms with Gasteiger partial charge in [0.1, 0.15) is 5.60 Å². The minimum atomic E-state index is -4.57. The van der Waals surface area contributed by atoms with Crippen molar-refractivity contribution < 1.29 is 32.2 Å². The molecule has 2 aliphatic carbocycles. The van der Waals surface area contributed by atoms with E-state index in [1.165, 1.54) is 13.2 Å². The molecule has 2 bridgehead atoms. The Morgan fingerprint density at radius 3 is 2.25 bits per heavy atom. The Hall–Kier alpha value is -2.45. The van der Waals surface area contributed by atoms with Crippen molar-refractivity contribution in [3.05, 3.63) is 29.3 Å². The van der Waals surface area contributed by atoms with Crippen molar-refractivity contribution in [2.24, 2.45) is 5.41 Å². The molecule has 1 atom stereocenters. The van der Waals surface area contributed by atoms with Gasteiger partial charge in [-0.25, -0.2) is 9.59 Å². The first-order valence-corrected chi connectivity index (χ1v) is 10.8. The van der Waals surface area contributed by atoms with E-state index < -0.39 is 34.9 Å².